The van der Waals surface area contributed by atoms with Gasteiger partial charge in [0.15, 0.2) is 0 Å². The number of β-amino-alcohol motifs (C(OH)–C–C–N with tert-alkyl or cyclic N) is 1. The fourth-order valence-electron chi connectivity index (χ4n) is 2.48. The largest absolute Gasteiger partial charge is 0.392 e. The molecule has 2 aliphatic heterocycles. The van der Waals surface area contributed by atoms with Gasteiger partial charge >= 0.3 is 0 Å². The molecule has 2 fully saturated rings. The molecule has 2 heterocycles. The van der Waals surface area contributed by atoms with Crippen LogP contribution in [-0.2, 0) is 0 Å². The fraction of sp³-hybridized carbons (Fsp3) is 1.00. The number of aliphatic hydroxyl groups is 1. The molecular weight excluding hydrogens is 190 g/mol. The number of nitrogens with one attached hydrogen (secondary N) is 1. The quantitative estimate of drug-likeness (QED) is 0.692. The van der Waals surface area contributed by atoms with Gasteiger partial charge in [-0.2, -0.15) is 0 Å². The molecule has 1 atom stereocenters. The van der Waals surface area contributed by atoms with E-state index in [1.54, 1.807) is 0 Å². The Morgan fingerprint density at radius 2 is 1.93 bits per heavy atom. The lowest BCUT2D eigenvalue weighted by atomic mass is 10.1. The fourth-order valence-corrected chi connectivity index (χ4v) is 2.48. The molecule has 0 spiro atoms. The number of aliphatic hydroxyl groups excluding tert-OH is 1. The van der Waals surface area contributed by atoms with Gasteiger partial charge in [-0.15, -0.1) is 0 Å². The van der Waals surface area contributed by atoms with Crippen LogP contribution in [0.5, 0.6) is 0 Å². The van der Waals surface area contributed by atoms with Gasteiger partial charge in [-0.25, -0.2) is 5.01 Å². The standard InChI is InChI=1S/C11H23N3O/c15-11-4-3-6-13(10-11)9-5-12-14-7-1-2-8-14/h11-12,15H,1-10H2. The molecule has 15 heavy (non-hydrogen) atoms. The molecule has 4 nitrogen and oxygen atoms in total. The van der Waals surface area contributed by atoms with Gasteiger partial charge in [0.25, 0.3) is 0 Å². The van der Waals surface area contributed by atoms with Crippen LogP contribution in [0.3, 0.4) is 0 Å². The average molecular weight is 213 g/mol. The summed E-state index contributed by atoms with van der Waals surface area (Å²) in [7, 11) is 0. The van der Waals surface area contributed by atoms with Gasteiger partial charge in [-0.1, -0.05) is 0 Å². The van der Waals surface area contributed by atoms with Crippen molar-refractivity contribution < 1.29 is 5.11 Å². The molecule has 0 bridgehead atoms. The van der Waals surface area contributed by atoms with Crippen LogP contribution in [0, 0.1) is 0 Å². The Balaban J connectivity index is 1.56. The Hall–Kier alpha value is -0.160. The SMILES string of the molecule is OC1CCCN(CCNN2CCCC2)C1. The van der Waals surface area contributed by atoms with Crippen molar-refractivity contribution in [1.82, 2.24) is 15.3 Å². The zero-order valence-electron chi connectivity index (χ0n) is 9.49. The Labute approximate surface area is 92.2 Å². The number of hydrazine groups is 1. The molecule has 0 aliphatic carbocycles. The second kappa shape index (κ2) is 5.80. The van der Waals surface area contributed by atoms with E-state index < -0.39 is 0 Å². The number of piperidine rings is 1. The van der Waals surface area contributed by atoms with Crippen LogP contribution in [0.4, 0.5) is 0 Å². The predicted octanol–water partition coefficient (Wildman–Crippen LogP) is 0.0435. The number of nitrogens with zero attached hydrogens (tertiary/aromatic N) is 2. The van der Waals surface area contributed by atoms with Crippen LogP contribution in [0.2, 0.25) is 0 Å². The molecule has 1 unspecified atom stereocenters. The summed E-state index contributed by atoms with van der Waals surface area (Å²) in [6.07, 6.45) is 4.69. The summed E-state index contributed by atoms with van der Waals surface area (Å²) in [4.78, 5) is 2.36. The van der Waals surface area contributed by atoms with Gasteiger partial charge in [0, 0.05) is 32.7 Å². The van der Waals surface area contributed by atoms with Gasteiger partial charge in [-0.05, 0) is 32.2 Å². The molecule has 0 saturated carbocycles. The maximum Gasteiger partial charge on any atom is 0.0667 e. The van der Waals surface area contributed by atoms with Crippen LogP contribution < -0.4 is 5.43 Å². The Morgan fingerprint density at radius 3 is 2.67 bits per heavy atom. The molecular formula is C11H23N3O. The molecule has 88 valence electrons. The molecule has 2 rings (SSSR count). The van der Waals surface area contributed by atoms with Crippen molar-refractivity contribution >= 4 is 0 Å². The lowest BCUT2D eigenvalue weighted by Gasteiger charge is -2.30. The van der Waals surface area contributed by atoms with E-state index in [1.165, 1.54) is 25.9 Å². The van der Waals surface area contributed by atoms with Crippen molar-refractivity contribution in [2.75, 3.05) is 39.3 Å². The average Bonchev–Trinajstić information content (AvgIpc) is 2.71. The minimum Gasteiger partial charge on any atom is -0.392 e. The summed E-state index contributed by atoms with van der Waals surface area (Å²) in [5.74, 6) is 0. The zero-order valence-corrected chi connectivity index (χ0v) is 9.49. The van der Waals surface area contributed by atoms with Gasteiger partial charge < -0.3 is 5.11 Å². The smallest absolute Gasteiger partial charge is 0.0667 e. The van der Waals surface area contributed by atoms with E-state index in [1.807, 2.05) is 0 Å². The minimum absolute atomic E-state index is 0.0921. The van der Waals surface area contributed by atoms with Crippen molar-refractivity contribution in [3.8, 4) is 0 Å². The molecule has 0 amide bonds. The summed E-state index contributed by atoms with van der Waals surface area (Å²) in [6.45, 7) is 6.49. The van der Waals surface area contributed by atoms with Gasteiger partial charge in [-0.3, -0.25) is 10.3 Å². The van der Waals surface area contributed by atoms with Crippen molar-refractivity contribution in [1.29, 1.82) is 0 Å². The third-order valence-electron chi connectivity index (χ3n) is 3.35. The van der Waals surface area contributed by atoms with E-state index in [4.69, 9.17) is 0 Å². The van der Waals surface area contributed by atoms with Crippen molar-refractivity contribution in [3.63, 3.8) is 0 Å². The number of likely N-dealkylation sites (tertiary alicyclic amines) is 1. The Morgan fingerprint density at radius 1 is 1.13 bits per heavy atom. The van der Waals surface area contributed by atoms with E-state index in [9.17, 15) is 5.11 Å². The number of rotatable bonds is 4. The first-order chi connectivity index (χ1) is 7.34. The highest BCUT2D eigenvalue weighted by Crippen LogP contribution is 2.09. The normalized spacial score (nSPS) is 29.8. The van der Waals surface area contributed by atoms with E-state index in [2.05, 4.69) is 15.3 Å². The third-order valence-corrected chi connectivity index (χ3v) is 3.35. The van der Waals surface area contributed by atoms with Gasteiger partial charge in [0.2, 0.25) is 0 Å². The highest BCUT2D eigenvalue weighted by molar-refractivity contribution is 4.72. The summed E-state index contributed by atoms with van der Waals surface area (Å²) in [6, 6.07) is 0. The van der Waals surface area contributed by atoms with Crippen molar-refractivity contribution in [2.24, 2.45) is 0 Å². The first kappa shape index (κ1) is 11.3. The highest BCUT2D eigenvalue weighted by atomic mass is 16.3. The van der Waals surface area contributed by atoms with E-state index >= 15 is 0 Å². The van der Waals surface area contributed by atoms with E-state index in [0.717, 1.165) is 39.0 Å². The van der Waals surface area contributed by atoms with Gasteiger partial charge in [0.05, 0.1) is 6.10 Å². The Bertz CT molecular complexity index is 183. The Kier molecular flexibility index (Phi) is 4.38. The molecule has 2 saturated heterocycles. The molecule has 0 aromatic carbocycles. The highest BCUT2D eigenvalue weighted by Gasteiger charge is 2.17. The molecule has 0 aromatic heterocycles. The number of hydrogen-bond donors (Lipinski definition) is 2. The molecule has 0 radical (unpaired) electrons. The maximum absolute atomic E-state index is 9.52. The van der Waals surface area contributed by atoms with Crippen LogP contribution in [0.1, 0.15) is 25.7 Å². The number of hydrogen-bond acceptors (Lipinski definition) is 4. The minimum atomic E-state index is -0.0921. The molecule has 2 N–H and O–H groups in total. The van der Waals surface area contributed by atoms with Gasteiger partial charge in [0.1, 0.15) is 0 Å². The van der Waals surface area contributed by atoms with Crippen LogP contribution in [-0.4, -0.2) is 60.4 Å². The monoisotopic (exact) mass is 213 g/mol. The maximum atomic E-state index is 9.52. The third kappa shape index (κ3) is 3.72. The summed E-state index contributed by atoms with van der Waals surface area (Å²) in [5.41, 5.74) is 3.45. The topological polar surface area (TPSA) is 38.7 Å². The van der Waals surface area contributed by atoms with Crippen LogP contribution in [0.15, 0.2) is 0 Å². The van der Waals surface area contributed by atoms with Crippen molar-refractivity contribution in [3.05, 3.63) is 0 Å². The van der Waals surface area contributed by atoms with Crippen LogP contribution in [0.25, 0.3) is 0 Å². The molecule has 2 aliphatic rings. The summed E-state index contributed by atoms with van der Waals surface area (Å²) >= 11 is 0. The first-order valence-electron chi connectivity index (χ1n) is 6.23. The lowest BCUT2D eigenvalue weighted by molar-refractivity contribution is 0.0676. The van der Waals surface area contributed by atoms with E-state index in [0.29, 0.717) is 0 Å². The molecule has 0 aromatic rings. The second-order valence-corrected chi connectivity index (χ2v) is 4.70. The molecule has 4 heteroatoms. The zero-order chi connectivity index (χ0) is 10.5. The van der Waals surface area contributed by atoms with Crippen LogP contribution >= 0.6 is 0 Å². The first-order valence-corrected chi connectivity index (χ1v) is 6.23. The second-order valence-electron chi connectivity index (χ2n) is 4.70. The van der Waals surface area contributed by atoms with Crippen molar-refractivity contribution in [2.45, 2.75) is 31.8 Å². The van der Waals surface area contributed by atoms with E-state index in [-0.39, 0.29) is 6.10 Å². The summed E-state index contributed by atoms with van der Waals surface area (Å²) < 4.78 is 0. The predicted molar refractivity (Wildman–Crippen MR) is 60.5 cm³/mol. The lowest BCUT2D eigenvalue weighted by Crippen LogP contribution is -2.44. The summed E-state index contributed by atoms with van der Waals surface area (Å²) in [5, 5.41) is 11.8.